The van der Waals surface area contributed by atoms with Crippen LogP contribution in [-0.4, -0.2) is 30.8 Å². The summed E-state index contributed by atoms with van der Waals surface area (Å²) < 4.78 is 25.6. The van der Waals surface area contributed by atoms with E-state index in [1.165, 1.54) is 13.0 Å². The topological polar surface area (TPSA) is 115 Å². The van der Waals surface area contributed by atoms with E-state index in [9.17, 15) is 24.1 Å². The number of halogens is 1. The summed E-state index contributed by atoms with van der Waals surface area (Å²) in [5.41, 5.74) is -0.188. The van der Waals surface area contributed by atoms with E-state index in [2.05, 4.69) is 10.4 Å². The van der Waals surface area contributed by atoms with Crippen molar-refractivity contribution in [3.05, 3.63) is 38.4 Å². The van der Waals surface area contributed by atoms with Gasteiger partial charge in [0.05, 0.1) is 19.8 Å². The van der Waals surface area contributed by atoms with Crippen LogP contribution in [0.1, 0.15) is 36.0 Å². The van der Waals surface area contributed by atoms with Gasteiger partial charge in [0, 0.05) is 28.6 Å². The largest absolute Gasteiger partial charge is 0.396 e. The molecule has 1 aliphatic heterocycles. The highest BCUT2D eigenvalue weighted by molar-refractivity contribution is 5.78. The zero-order valence-electron chi connectivity index (χ0n) is 13.2. The van der Waals surface area contributed by atoms with Gasteiger partial charge in [0.2, 0.25) is 0 Å². The van der Waals surface area contributed by atoms with Crippen molar-refractivity contribution < 1.29 is 23.8 Å². The van der Waals surface area contributed by atoms with Crippen molar-refractivity contribution in [2.75, 3.05) is 19.8 Å². The molecular weight excluding hydrogens is 323 g/mol. The highest BCUT2D eigenvalue weighted by atomic mass is 19.1. The third kappa shape index (κ3) is 3.23. The maximum Gasteiger partial charge on any atom is 0.287 e. The van der Waals surface area contributed by atoms with E-state index in [-0.39, 0.29) is 35.6 Å². The molecule has 0 saturated carbocycles. The molecule has 8 nitrogen and oxygen atoms in total. The normalized spacial score (nSPS) is 17.5. The molecule has 1 fully saturated rings. The van der Waals surface area contributed by atoms with Crippen molar-refractivity contribution in [1.29, 1.82) is 0 Å². The van der Waals surface area contributed by atoms with Crippen LogP contribution in [-0.2, 0) is 20.1 Å². The van der Waals surface area contributed by atoms with E-state index in [4.69, 9.17) is 9.47 Å². The number of nitrogens with zero attached hydrogens (tertiary/aromatic N) is 2. The Kier molecular flexibility index (Phi) is 5.47. The molecule has 1 aromatic rings. The summed E-state index contributed by atoms with van der Waals surface area (Å²) in [4.78, 5) is 33.0. The number of rotatable bonds is 6. The predicted octanol–water partition coefficient (Wildman–Crippen LogP) is 2.51. The molecule has 0 spiro atoms. The van der Waals surface area contributed by atoms with Gasteiger partial charge >= 0.3 is 0 Å². The summed E-state index contributed by atoms with van der Waals surface area (Å²) in [6, 6.07) is 1.38. The fourth-order valence-electron chi connectivity index (χ4n) is 2.80. The minimum absolute atomic E-state index is 0.165. The average Bonchev–Trinajstić information content (AvgIpc) is 3.02. The lowest BCUT2D eigenvalue weighted by Crippen LogP contribution is -2.24. The maximum absolute atomic E-state index is 14.6. The number of nitroso groups, excluding NO2 is 2. The molecule has 130 valence electrons. The molecule has 1 heterocycles. The number of benzene rings is 1. The molecule has 1 saturated heterocycles. The summed E-state index contributed by atoms with van der Waals surface area (Å²) >= 11 is 0. The van der Waals surface area contributed by atoms with E-state index in [0.29, 0.717) is 0 Å². The number of aliphatic hydroxyl groups is 1. The molecule has 0 bridgehead atoms. The average molecular weight is 340 g/mol. The molecule has 24 heavy (non-hydrogen) atoms. The molecule has 1 aliphatic rings. The van der Waals surface area contributed by atoms with Crippen molar-refractivity contribution in [2.45, 2.75) is 32.0 Å². The van der Waals surface area contributed by atoms with Crippen LogP contribution < -0.4 is 0 Å². The van der Waals surface area contributed by atoms with E-state index >= 15 is 0 Å². The van der Waals surface area contributed by atoms with Crippen LogP contribution in [0.4, 0.5) is 10.1 Å². The third-order valence-corrected chi connectivity index (χ3v) is 4.02. The summed E-state index contributed by atoms with van der Waals surface area (Å²) in [7, 11) is 0. The highest BCUT2D eigenvalue weighted by Crippen LogP contribution is 2.43. The summed E-state index contributed by atoms with van der Waals surface area (Å²) in [6.45, 7) is 2.94. The molecule has 0 aromatic heterocycles. The molecule has 0 aliphatic carbocycles. The zero-order chi connectivity index (χ0) is 17.9. The van der Waals surface area contributed by atoms with Gasteiger partial charge in [-0.2, -0.15) is 0 Å². The Morgan fingerprint density at radius 1 is 1.42 bits per heavy atom. The SMILES string of the molecule is Cc1cc(C2(C)OCCO2)c(N=O)c(C(CO)CC(=O)N=O)c1F. The second-order valence-electron chi connectivity index (χ2n) is 5.62. The lowest BCUT2D eigenvalue weighted by atomic mass is 9.88. The minimum atomic E-state index is -1.29. The number of hydrogen-bond acceptors (Lipinski definition) is 7. The van der Waals surface area contributed by atoms with Gasteiger partial charge in [0.1, 0.15) is 11.5 Å². The number of carbonyl (C=O) groups excluding carboxylic acids is 1. The Balaban J connectivity index is 2.65. The number of ether oxygens (including phenoxy) is 2. The van der Waals surface area contributed by atoms with Gasteiger partial charge in [-0.05, 0) is 30.7 Å². The lowest BCUT2D eigenvalue weighted by molar-refractivity contribution is -0.149. The monoisotopic (exact) mass is 340 g/mol. The van der Waals surface area contributed by atoms with Crippen molar-refractivity contribution in [2.24, 2.45) is 10.4 Å². The Bertz CT molecular complexity index is 672. The van der Waals surface area contributed by atoms with Crippen molar-refractivity contribution in [3.8, 4) is 0 Å². The highest BCUT2D eigenvalue weighted by Gasteiger charge is 2.39. The molecule has 1 atom stereocenters. The standard InChI is InChI=1S/C15H17FN2O6/c1-8-5-10(15(2)23-3-4-24-15)14(18-22)12(13(8)16)9(7-19)6-11(20)17-21/h5,9,19H,3-4,6-7H2,1-2H3. The van der Waals surface area contributed by atoms with Crippen LogP contribution in [0.5, 0.6) is 0 Å². The van der Waals surface area contributed by atoms with E-state index in [1.807, 2.05) is 0 Å². The summed E-state index contributed by atoms with van der Waals surface area (Å²) in [6.07, 6.45) is -0.541. The molecule has 2 rings (SSSR count). The smallest absolute Gasteiger partial charge is 0.287 e. The van der Waals surface area contributed by atoms with Crippen molar-refractivity contribution in [1.82, 2.24) is 0 Å². The van der Waals surface area contributed by atoms with Gasteiger partial charge < -0.3 is 14.6 Å². The van der Waals surface area contributed by atoms with Crippen LogP contribution in [0, 0.1) is 22.6 Å². The minimum Gasteiger partial charge on any atom is -0.396 e. The van der Waals surface area contributed by atoms with Crippen LogP contribution in [0.3, 0.4) is 0 Å². The Morgan fingerprint density at radius 2 is 2.04 bits per heavy atom. The van der Waals surface area contributed by atoms with Crippen molar-refractivity contribution >= 4 is 11.6 Å². The van der Waals surface area contributed by atoms with Crippen LogP contribution in [0.15, 0.2) is 16.4 Å². The fraction of sp³-hybridized carbons (Fsp3) is 0.533. The Labute approximate surface area is 136 Å². The number of aryl methyl sites for hydroxylation is 1. The number of carbonyl (C=O) groups is 1. The zero-order valence-corrected chi connectivity index (χ0v) is 13.2. The fourth-order valence-corrected chi connectivity index (χ4v) is 2.80. The molecule has 1 N–H and O–H groups in total. The first-order valence-corrected chi connectivity index (χ1v) is 7.29. The second-order valence-corrected chi connectivity index (χ2v) is 5.62. The van der Waals surface area contributed by atoms with E-state index < -0.39 is 36.5 Å². The first kappa shape index (κ1) is 18.2. The number of aliphatic hydroxyl groups excluding tert-OH is 1. The Hall–Kier alpha value is -2.10. The van der Waals surface area contributed by atoms with E-state index in [0.717, 1.165) is 0 Å². The van der Waals surface area contributed by atoms with Crippen LogP contribution in [0.25, 0.3) is 0 Å². The summed E-state index contributed by atoms with van der Waals surface area (Å²) in [5.74, 6) is -4.27. The molecule has 1 unspecified atom stereocenters. The van der Waals surface area contributed by atoms with Gasteiger partial charge in [-0.1, -0.05) is 0 Å². The van der Waals surface area contributed by atoms with Gasteiger partial charge in [-0.3, -0.25) is 4.79 Å². The summed E-state index contributed by atoms with van der Waals surface area (Å²) in [5, 5.41) is 14.6. The number of hydrogen-bond donors (Lipinski definition) is 1. The lowest BCUT2D eigenvalue weighted by Gasteiger charge is -2.27. The Morgan fingerprint density at radius 3 is 2.54 bits per heavy atom. The van der Waals surface area contributed by atoms with E-state index in [1.54, 1.807) is 6.92 Å². The molecule has 0 radical (unpaired) electrons. The number of amides is 1. The van der Waals surface area contributed by atoms with Crippen molar-refractivity contribution in [3.63, 3.8) is 0 Å². The predicted molar refractivity (Wildman–Crippen MR) is 81.1 cm³/mol. The first-order valence-electron chi connectivity index (χ1n) is 7.29. The van der Waals surface area contributed by atoms with Gasteiger partial charge in [-0.25, -0.2) is 4.39 Å². The van der Waals surface area contributed by atoms with Gasteiger partial charge in [0.25, 0.3) is 5.91 Å². The molecular formula is C15H17FN2O6. The van der Waals surface area contributed by atoms with Gasteiger partial charge in [-0.15, -0.1) is 9.81 Å². The maximum atomic E-state index is 14.6. The first-order chi connectivity index (χ1) is 11.4. The molecule has 1 amide bonds. The van der Waals surface area contributed by atoms with Crippen LogP contribution in [0.2, 0.25) is 0 Å². The van der Waals surface area contributed by atoms with Gasteiger partial charge in [0.15, 0.2) is 5.79 Å². The third-order valence-electron chi connectivity index (χ3n) is 4.02. The quantitative estimate of drug-likeness (QED) is 0.796. The molecule has 1 aromatic carbocycles. The second kappa shape index (κ2) is 7.20. The van der Waals surface area contributed by atoms with Crippen LogP contribution >= 0.6 is 0 Å². The molecule has 9 heteroatoms.